The van der Waals surface area contributed by atoms with Crippen molar-refractivity contribution in [3.05, 3.63) is 58.4 Å². The van der Waals surface area contributed by atoms with E-state index in [1.807, 2.05) is 31.9 Å². The summed E-state index contributed by atoms with van der Waals surface area (Å²) < 4.78 is 1.77. The highest BCUT2D eigenvalue weighted by molar-refractivity contribution is 6.06. The highest BCUT2D eigenvalue weighted by Crippen LogP contribution is 2.27. The molecule has 5 heteroatoms. The third-order valence-corrected chi connectivity index (χ3v) is 6.19. The van der Waals surface area contributed by atoms with E-state index in [9.17, 15) is 4.79 Å². The van der Waals surface area contributed by atoms with E-state index in [2.05, 4.69) is 41.3 Å². The first kappa shape index (κ1) is 19.6. The number of pyridine rings is 1. The van der Waals surface area contributed by atoms with E-state index in [4.69, 9.17) is 0 Å². The van der Waals surface area contributed by atoms with Crippen LogP contribution in [0.2, 0.25) is 0 Å². The lowest BCUT2D eigenvalue weighted by atomic mass is 9.90. The summed E-state index contributed by atoms with van der Waals surface area (Å²) in [6, 6.07) is 10.8. The Balaban J connectivity index is 1.42. The molecular weight excluding hydrogens is 360 g/mol. The number of hydrogen-bond acceptors (Lipinski definition) is 3. The molecule has 0 saturated carbocycles. The SMILES string of the molecule is Cc1ccc(CCC2CCN(C(=O)c3cc(C)nc4c3c(C)nn4C)CC2)cc1. The summed E-state index contributed by atoms with van der Waals surface area (Å²) in [5, 5.41) is 5.37. The molecule has 152 valence electrons. The minimum Gasteiger partial charge on any atom is -0.339 e. The van der Waals surface area contributed by atoms with Crippen LogP contribution in [0.1, 0.15) is 52.1 Å². The molecule has 29 heavy (non-hydrogen) atoms. The number of amides is 1. The van der Waals surface area contributed by atoms with Crippen molar-refractivity contribution in [2.45, 2.75) is 46.5 Å². The molecule has 1 saturated heterocycles. The Bertz CT molecular complexity index is 1030. The van der Waals surface area contributed by atoms with Gasteiger partial charge in [0.15, 0.2) is 5.65 Å². The normalized spacial score (nSPS) is 15.2. The van der Waals surface area contributed by atoms with Gasteiger partial charge < -0.3 is 4.90 Å². The molecule has 0 aliphatic carbocycles. The molecule has 1 aliphatic rings. The van der Waals surface area contributed by atoms with E-state index < -0.39 is 0 Å². The van der Waals surface area contributed by atoms with E-state index >= 15 is 0 Å². The highest BCUT2D eigenvalue weighted by Gasteiger charge is 2.26. The first-order valence-corrected chi connectivity index (χ1v) is 10.6. The number of aromatic nitrogens is 3. The van der Waals surface area contributed by atoms with E-state index in [1.165, 1.54) is 17.5 Å². The van der Waals surface area contributed by atoms with Crippen molar-refractivity contribution in [3.8, 4) is 0 Å². The van der Waals surface area contributed by atoms with Crippen LogP contribution in [0, 0.1) is 26.7 Å². The van der Waals surface area contributed by atoms with Crippen molar-refractivity contribution < 1.29 is 4.79 Å². The molecule has 0 bridgehead atoms. The molecule has 1 aromatic carbocycles. The van der Waals surface area contributed by atoms with Crippen molar-refractivity contribution in [1.29, 1.82) is 0 Å². The second-order valence-electron chi connectivity index (χ2n) is 8.48. The molecule has 0 N–H and O–H groups in total. The van der Waals surface area contributed by atoms with Gasteiger partial charge in [0.05, 0.1) is 16.6 Å². The summed E-state index contributed by atoms with van der Waals surface area (Å²) in [5.41, 5.74) is 5.99. The molecule has 3 heterocycles. The van der Waals surface area contributed by atoms with Crippen molar-refractivity contribution >= 4 is 16.9 Å². The van der Waals surface area contributed by atoms with Crippen LogP contribution in [0.5, 0.6) is 0 Å². The molecular formula is C24H30N4O. The van der Waals surface area contributed by atoms with Crippen LogP contribution in [0.3, 0.4) is 0 Å². The maximum absolute atomic E-state index is 13.3. The average molecular weight is 391 g/mol. The van der Waals surface area contributed by atoms with Gasteiger partial charge in [0, 0.05) is 25.8 Å². The van der Waals surface area contributed by atoms with E-state index in [0.29, 0.717) is 5.92 Å². The number of fused-ring (bicyclic) bond motifs is 1. The minimum absolute atomic E-state index is 0.119. The fourth-order valence-electron chi connectivity index (χ4n) is 4.46. The molecule has 0 spiro atoms. The van der Waals surface area contributed by atoms with Crippen molar-refractivity contribution in [3.63, 3.8) is 0 Å². The predicted octanol–water partition coefficient (Wildman–Crippen LogP) is 4.38. The van der Waals surface area contributed by atoms with Gasteiger partial charge >= 0.3 is 0 Å². The van der Waals surface area contributed by atoms with Crippen LogP contribution in [-0.4, -0.2) is 38.7 Å². The maximum atomic E-state index is 13.3. The second-order valence-corrected chi connectivity index (χ2v) is 8.48. The number of carbonyl (C=O) groups is 1. The zero-order valence-corrected chi connectivity index (χ0v) is 17.9. The molecule has 5 nitrogen and oxygen atoms in total. The number of rotatable bonds is 4. The molecule has 4 rings (SSSR count). The number of likely N-dealkylation sites (tertiary alicyclic amines) is 1. The molecule has 3 aromatic rings. The lowest BCUT2D eigenvalue weighted by Crippen LogP contribution is -2.38. The molecule has 1 fully saturated rings. The van der Waals surface area contributed by atoms with Crippen LogP contribution < -0.4 is 0 Å². The topological polar surface area (TPSA) is 51.0 Å². The van der Waals surface area contributed by atoms with Gasteiger partial charge in [-0.1, -0.05) is 29.8 Å². The van der Waals surface area contributed by atoms with E-state index in [1.54, 1.807) is 4.68 Å². The molecule has 0 radical (unpaired) electrons. The van der Waals surface area contributed by atoms with Crippen molar-refractivity contribution in [1.82, 2.24) is 19.7 Å². The highest BCUT2D eigenvalue weighted by atomic mass is 16.2. The number of benzene rings is 1. The Labute approximate surface area is 172 Å². The molecule has 1 amide bonds. The zero-order chi connectivity index (χ0) is 20.5. The molecule has 1 aliphatic heterocycles. The number of hydrogen-bond donors (Lipinski definition) is 0. The van der Waals surface area contributed by atoms with Crippen LogP contribution >= 0.6 is 0 Å². The summed E-state index contributed by atoms with van der Waals surface area (Å²) in [6.07, 6.45) is 4.48. The molecule has 2 aromatic heterocycles. The van der Waals surface area contributed by atoms with Crippen LogP contribution in [-0.2, 0) is 13.5 Å². The molecule has 0 unspecified atom stereocenters. The largest absolute Gasteiger partial charge is 0.339 e. The Kier molecular flexibility index (Phi) is 5.39. The summed E-state index contributed by atoms with van der Waals surface area (Å²) >= 11 is 0. The number of nitrogens with zero attached hydrogens (tertiary/aromatic N) is 4. The van der Waals surface area contributed by atoms with Gasteiger partial charge in [-0.25, -0.2) is 4.98 Å². The second kappa shape index (κ2) is 7.97. The third kappa shape index (κ3) is 4.04. The van der Waals surface area contributed by atoms with Gasteiger partial charge in [0.2, 0.25) is 0 Å². The van der Waals surface area contributed by atoms with Gasteiger partial charge in [-0.2, -0.15) is 5.10 Å². The van der Waals surface area contributed by atoms with E-state index in [0.717, 1.165) is 60.3 Å². The number of carbonyl (C=O) groups excluding carboxylic acids is 1. The van der Waals surface area contributed by atoms with Crippen LogP contribution in [0.15, 0.2) is 30.3 Å². The third-order valence-electron chi connectivity index (χ3n) is 6.19. The standard InChI is InChI=1S/C24H30N4O/c1-16-5-7-19(8-6-16)9-10-20-11-13-28(14-12-20)24(29)21-15-17(2)25-23-22(21)18(3)26-27(23)4/h5-8,15,20H,9-14H2,1-4H3. The van der Waals surface area contributed by atoms with E-state index in [-0.39, 0.29) is 5.91 Å². The van der Waals surface area contributed by atoms with Crippen LogP contribution in [0.4, 0.5) is 0 Å². The predicted molar refractivity (Wildman–Crippen MR) is 116 cm³/mol. The Morgan fingerprint density at radius 3 is 2.48 bits per heavy atom. The summed E-state index contributed by atoms with van der Waals surface area (Å²) in [5.74, 6) is 0.813. The summed E-state index contributed by atoms with van der Waals surface area (Å²) in [4.78, 5) is 19.9. The Morgan fingerprint density at radius 2 is 1.79 bits per heavy atom. The first-order valence-electron chi connectivity index (χ1n) is 10.6. The summed E-state index contributed by atoms with van der Waals surface area (Å²) in [7, 11) is 1.88. The minimum atomic E-state index is 0.119. The lowest BCUT2D eigenvalue weighted by molar-refractivity contribution is 0.0688. The maximum Gasteiger partial charge on any atom is 0.254 e. The molecule has 0 atom stereocenters. The van der Waals surface area contributed by atoms with Gasteiger partial charge in [0.1, 0.15) is 0 Å². The fraction of sp³-hybridized carbons (Fsp3) is 0.458. The Morgan fingerprint density at radius 1 is 1.10 bits per heavy atom. The first-order chi connectivity index (χ1) is 13.9. The van der Waals surface area contributed by atoms with Gasteiger partial charge in [0.25, 0.3) is 5.91 Å². The van der Waals surface area contributed by atoms with Gasteiger partial charge in [-0.3, -0.25) is 9.48 Å². The van der Waals surface area contributed by atoms with Crippen molar-refractivity contribution in [2.75, 3.05) is 13.1 Å². The Hall–Kier alpha value is -2.69. The zero-order valence-electron chi connectivity index (χ0n) is 17.9. The number of aryl methyl sites for hydroxylation is 5. The quantitative estimate of drug-likeness (QED) is 0.664. The van der Waals surface area contributed by atoms with Gasteiger partial charge in [-0.05, 0) is 64.0 Å². The fourth-order valence-corrected chi connectivity index (χ4v) is 4.46. The monoisotopic (exact) mass is 390 g/mol. The summed E-state index contributed by atoms with van der Waals surface area (Å²) in [6.45, 7) is 7.68. The van der Waals surface area contributed by atoms with Crippen LogP contribution in [0.25, 0.3) is 11.0 Å². The lowest BCUT2D eigenvalue weighted by Gasteiger charge is -2.32. The average Bonchev–Trinajstić information content (AvgIpc) is 3.00. The smallest absolute Gasteiger partial charge is 0.254 e. The van der Waals surface area contributed by atoms with Gasteiger partial charge in [-0.15, -0.1) is 0 Å². The number of piperidine rings is 1. The van der Waals surface area contributed by atoms with Crippen molar-refractivity contribution in [2.24, 2.45) is 13.0 Å².